The van der Waals surface area contributed by atoms with Gasteiger partial charge in [-0.05, 0) is 44.4 Å². The maximum atomic E-state index is 12.0. The van der Waals surface area contributed by atoms with Crippen molar-refractivity contribution in [1.29, 1.82) is 0 Å². The highest BCUT2D eigenvalue weighted by Gasteiger charge is 2.32. The lowest BCUT2D eigenvalue weighted by atomic mass is 10.1. The van der Waals surface area contributed by atoms with Crippen molar-refractivity contribution >= 4 is 40.0 Å². The SMILES string of the molecule is C[C@H]1C(=O)Nc2nc(-c3nn(CC4CCCCO4)c4cc(Cl)ccc34)nc(N)c21. The standard InChI is InChI=1S/C20H21ClN6O2/c1-10-15-17(22)23-19(24-18(15)25-20(10)28)16-13-6-5-11(21)8-14(13)27(26-16)9-12-4-2-3-7-29-12/h5-6,8,10,12H,2-4,7,9H2,1H3,(H3,22,23,24,25,28)/t10-,12?/m1/s1. The van der Waals surface area contributed by atoms with Crippen LogP contribution in [-0.2, 0) is 16.1 Å². The Kier molecular flexibility index (Phi) is 4.40. The number of rotatable bonds is 3. The number of carbonyl (C=O) groups is 1. The fourth-order valence-corrected chi connectivity index (χ4v) is 4.23. The summed E-state index contributed by atoms with van der Waals surface area (Å²) in [5.74, 6) is 0.636. The fraction of sp³-hybridized carbons (Fsp3) is 0.400. The zero-order valence-corrected chi connectivity index (χ0v) is 16.7. The topological polar surface area (TPSA) is 108 Å². The summed E-state index contributed by atoms with van der Waals surface area (Å²) < 4.78 is 7.79. The minimum atomic E-state index is -0.365. The minimum absolute atomic E-state index is 0.116. The third-order valence-corrected chi connectivity index (χ3v) is 5.85. The second kappa shape index (κ2) is 6.96. The quantitative estimate of drug-likeness (QED) is 0.682. The van der Waals surface area contributed by atoms with Gasteiger partial charge in [-0.2, -0.15) is 5.10 Å². The Bertz CT molecular complexity index is 1120. The van der Waals surface area contributed by atoms with E-state index in [9.17, 15) is 4.79 Å². The number of fused-ring (bicyclic) bond motifs is 2. The molecule has 2 aliphatic rings. The smallest absolute Gasteiger partial charge is 0.233 e. The molecule has 5 rings (SSSR count). The van der Waals surface area contributed by atoms with E-state index in [1.165, 1.54) is 0 Å². The van der Waals surface area contributed by atoms with Crippen LogP contribution in [0.5, 0.6) is 0 Å². The van der Waals surface area contributed by atoms with Crippen molar-refractivity contribution in [3.63, 3.8) is 0 Å². The van der Waals surface area contributed by atoms with Gasteiger partial charge >= 0.3 is 0 Å². The molecule has 8 nitrogen and oxygen atoms in total. The molecule has 2 aromatic heterocycles. The molecule has 29 heavy (non-hydrogen) atoms. The van der Waals surface area contributed by atoms with Gasteiger partial charge in [-0.3, -0.25) is 9.48 Å². The average Bonchev–Trinajstić information content (AvgIpc) is 3.20. The zero-order valence-electron chi connectivity index (χ0n) is 16.0. The van der Waals surface area contributed by atoms with Crippen LogP contribution < -0.4 is 11.1 Å². The van der Waals surface area contributed by atoms with Crippen molar-refractivity contribution in [2.75, 3.05) is 17.7 Å². The number of halogens is 1. The summed E-state index contributed by atoms with van der Waals surface area (Å²) in [6.07, 6.45) is 3.37. The molecule has 3 N–H and O–H groups in total. The predicted molar refractivity (Wildman–Crippen MR) is 111 cm³/mol. The fourth-order valence-electron chi connectivity index (χ4n) is 4.07. The normalized spacial score (nSPS) is 21.4. The first-order chi connectivity index (χ1) is 14.0. The zero-order chi connectivity index (χ0) is 20.1. The number of benzene rings is 1. The van der Waals surface area contributed by atoms with Crippen molar-refractivity contribution in [2.24, 2.45) is 0 Å². The molecular formula is C20H21ClN6O2. The first kappa shape index (κ1) is 18.3. The summed E-state index contributed by atoms with van der Waals surface area (Å²) in [6.45, 7) is 3.20. The Labute approximate surface area is 172 Å². The van der Waals surface area contributed by atoms with Crippen LogP contribution in [0.1, 0.15) is 37.7 Å². The molecule has 1 amide bonds. The minimum Gasteiger partial charge on any atom is -0.383 e. The highest BCUT2D eigenvalue weighted by atomic mass is 35.5. The van der Waals surface area contributed by atoms with E-state index in [4.69, 9.17) is 27.2 Å². The van der Waals surface area contributed by atoms with E-state index in [-0.39, 0.29) is 17.9 Å². The van der Waals surface area contributed by atoms with E-state index < -0.39 is 0 Å². The molecule has 0 bridgehead atoms. The Morgan fingerprint density at radius 2 is 2.21 bits per heavy atom. The molecule has 150 valence electrons. The molecule has 1 fully saturated rings. The van der Waals surface area contributed by atoms with Gasteiger partial charge in [0.05, 0.1) is 24.1 Å². The third kappa shape index (κ3) is 3.12. The van der Waals surface area contributed by atoms with Crippen molar-refractivity contribution in [3.05, 3.63) is 28.8 Å². The summed E-state index contributed by atoms with van der Waals surface area (Å²) in [6, 6.07) is 5.61. The van der Waals surface area contributed by atoms with Gasteiger partial charge in [0.1, 0.15) is 17.3 Å². The first-order valence-electron chi connectivity index (χ1n) is 9.77. The summed E-state index contributed by atoms with van der Waals surface area (Å²) >= 11 is 6.25. The van der Waals surface area contributed by atoms with Crippen LogP contribution in [0.25, 0.3) is 22.4 Å². The number of nitrogens with zero attached hydrogens (tertiary/aromatic N) is 4. The van der Waals surface area contributed by atoms with Crippen molar-refractivity contribution < 1.29 is 9.53 Å². The highest BCUT2D eigenvalue weighted by Crippen LogP contribution is 2.37. The maximum absolute atomic E-state index is 12.0. The molecule has 0 radical (unpaired) electrons. The van der Waals surface area contributed by atoms with Crippen LogP contribution in [0, 0.1) is 0 Å². The van der Waals surface area contributed by atoms with Gasteiger partial charge in [0.15, 0.2) is 5.82 Å². The number of carbonyl (C=O) groups excluding carboxylic acids is 1. The molecule has 0 spiro atoms. The van der Waals surface area contributed by atoms with Crippen molar-refractivity contribution in [3.8, 4) is 11.5 Å². The summed E-state index contributed by atoms with van der Waals surface area (Å²) in [5.41, 5.74) is 8.31. The van der Waals surface area contributed by atoms with Crippen LogP contribution in [-0.4, -0.2) is 38.4 Å². The first-order valence-corrected chi connectivity index (χ1v) is 10.2. The molecule has 2 atom stereocenters. The molecule has 3 aromatic rings. The molecule has 2 aliphatic heterocycles. The van der Waals surface area contributed by atoms with Crippen LogP contribution in [0.4, 0.5) is 11.6 Å². The van der Waals surface area contributed by atoms with Crippen LogP contribution in [0.2, 0.25) is 5.02 Å². The van der Waals surface area contributed by atoms with Crippen LogP contribution >= 0.6 is 11.6 Å². The predicted octanol–water partition coefficient (Wildman–Crippen LogP) is 3.35. The average molecular weight is 413 g/mol. The second-order valence-electron chi connectivity index (χ2n) is 7.59. The Morgan fingerprint density at radius 1 is 1.34 bits per heavy atom. The number of hydrogen-bond acceptors (Lipinski definition) is 6. The molecule has 1 unspecified atom stereocenters. The molecule has 1 aromatic carbocycles. The molecule has 9 heteroatoms. The number of nitrogen functional groups attached to an aromatic ring is 1. The molecule has 0 aliphatic carbocycles. The summed E-state index contributed by atoms with van der Waals surface area (Å²) in [4.78, 5) is 21.0. The summed E-state index contributed by atoms with van der Waals surface area (Å²) in [7, 11) is 0. The van der Waals surface area contributed by atoms with E-state index in [1.807, 2.05) is 22.9 Å². The van der Waals surface area contributed by atoms with E-state index >= 15 is 0 Å². The van der Waals surface area contributed by atoms with Gasteiger partial charge in [-0.25, -0.2) is 9.97 Å². The second-order valence-corrected chi connectivity index (χ2v) is 8.02. The third-order valence-electron chi connectivity index (χ3n) is 5.62. The number of aromatic nitrogens is 4. The van der Waals surface area contributed by atoms with E-state index in [0.717, 1.165) is 36.8 Å². The number of hydrogen-bond donors (Lipinski definition) is 2. The van der Waals surface area contributed by atoms with E-state index in [2.05, 4.69) is 15.3 Å². The number of nitrogens with two attached hydrogens (primary N) is 1. The van der Waals surface area contributed by atoms with Crippen LogP contribution in [0.3, 0.4) is 0 Å². The van der Waals surface area contributed by atoms with E-state index in [1.54, 1.807) is 6.92 Å². The lowest BCUT2D eigenvalue weighted by molar-refractivity contribution is -0.116. The van der Waals surface area contributed by atoms with E-state index in [0.29, 0.717) is 40.3 Å². The van der Waals surface area contributed by atoms with Crippen molar-refractivity contribution in [1.82, 2.24) is 19.7 Å². The number of nitrogens with one attached hydrogen (secondary N) is 1. The van der Waals surface area contributed by atoms with Crippen LogP contribution in [0.15, 0.2) is 18.2 Å². The molecular weight excluding hydrogens is 392 g/mol. The van der Waals surface area contributed by atoms with Gasteiger partial charge in [0, 0.05) is 22.6 Å². The van der Waals surface area contributed by atoms with Gasteiger partial charge in [-0.1, -0.05) is 11.6 Å². The van der Waals surface area contributed by atoms with Gasteiger partial charge in [-0.15, -0.1) is 0 Å². The Balaban J connectivity index is 1.61. The maximum Gasteiger partial charge on any atom is 0.233 e. The largest absolute Gasteiger partial charge is 0.383 e. The van der Waals surface area contributed by atoms with Gasteiger partial charge < -0.3 is 15.8 Å². The molecule has 1 saturated heterocycles. The highest BCUT2D eigenvalue weighted by molar-refractivity contribution is 6.31. The molecule has 4 heterocycles. The van der Waals surface area contributed by atoms with Gasteiger partial charge in [0.25, 0.3) is 0 Å². The monoisotopic (exact) mass is 412 g/mol. The van der Waals surface area contributed by atoms with Gasteiger partial charge in [0.2, 0.25) is 5.91 Å². The number of amides is 1. The summed E-state index contributed by atoms with van der Waals surface area (Å²) in [5, 5.41) is 9.07. The molecule has 0 saturated carbocycles. The lowest BCUT2D eigenvalue weighted by Gasteiger charge is -2.22. The Morgan fingerprint density at radius 3 is 3.00 bits per heavy atom. The Hall–Kier alpha value is -2.71. The van der Waals surface area contributed by atoms with Crippen molar-refractivity contribution in [2.45, 2.75) is 44.8 Å². The lowest BCUT2D eigenvalue weighted by Crippen LogP contribution is -2.24. The number of ether oxygens (including phenoxy) is 1. The number of anilines is 2.